The van der Waals surface area contributed by atoms with E-state index in [2.05, 4.69) is 69.3 Å². The van der Waals surface area contributed by atoms with E-state index in [1.165, 1.54) is 5.56 Å². The van der Waals surface area contributed by atoms with Crippen LogP contribution in [0.5, 0.6) is 0 Å². The first-order valence-corrected chi connectivity index (χ1v) is 15.8. The summed E-state index contributed by atoms with van der Waals surface area (Å²) in [7, 11) is -1.84. The lowest BCUT2D eigenvalue weighted by atomic mass is 9.73. The van der Waals surface area contributed by atoms with Crippen LogP contribution < -0.4 is 0 Å². The van der Waals surface area contributed by atoms with Gasteiger partial charge < -0.3 is 14.1 Å². The Morgan fingerprint density at radius 3 is 2.29 bits per heavy atom. The summed E-state index contributed by atoms with van der Waals surface area (Å²) < 4.78 is 12.2. The fraction of sp³-hybridized carbons (Fsp3) is 0.643. The van der Waals surface area contributed by atoms with Gasteiger partial charge in [0.05, 0.1) is 5.69 Å². The molecular formula is C28H45N3O3Si. The van der Waals surface area contributed by atoms with Gasteiger partial charge in [0.25, 0.3) is 0 Å². The summed E-state index contributed by atoms with van der Waals surface area (Å²) in [5.41, 5.74) is 2.86. The van der Waals surface area contributed by atoms with Gasteiger partial charge in [-0.3, -0.25) is 5.10 Å². The minimum Gasteiger partial charge on any atom is -0.444 e. The number of H-pyrrole nitrogens is 1. The van der Waals surface area contributed by atoms with Crippen LogP contribution in [0.4, 0.5) is 4.79 Å². The topological polar surface area (TPSA) is 67.4 Å². The monoisotopic (exact) mass is 499 g/mol. The Morgan fingerprint density at radius 2 is 1.71 bits per heavy atom. The highest BCUT2D eigenvalue weighted by molar-refractivity contribution is 6.74. The summed E-state index contributed by atoms with van der Waals surface area (Å²) >= 11 is 0. The van der Waals surface area contributed by atoms with Gasteiger partial charge in [-0.05, 0) is 69.8 Å². The van der Waals surface area contributed by atoms with Crippen LogP contribution in [0.3, 0.4) is 0 Å². The molecule has 1 aliphatic heterocycles. The summed E-state index contributed by atoms with van der Waals surface area (Å²) in [5.74, 6) is 0. The normalized spacial score (nSPS) is 16.9. The molecule has 0 atom stereocenters. The number of benzene rings is 1. The molecular weight excluding hydrogens is 454 g/mol. The quantitative estimate of drug-likeness (QED) is 0.431. The van der Waals surface area contributed by atoms with Crippen LogP contribution in [-0.4, -0.2) is 54.8 Å². The second-order valence-electron chi connectivity index (χ2n) is 12.5. The summed E-state index contributed by atoms with van der Waals surface area (Å²) in [5, 5.41) is 8.26. The standard InChI is InChI=1S/C28H45N3O3Si/c1-26(2,3)34-25(32)31-17-14-28(15-18-31,16-19-33-35(7,8)27(4,5)6)24-21-23(29-30-24)20-22-12-10-9-11-13-22/h9-13,21H,14-20H2,1-8H3,(H,29,30). The number of nitrogens with one attached hydrogen (secondary N) is 1. The van der Waals surface area contributed by atoms with E-state index in [4.69, 9.17) is 14.3 Å². The molecule has 0 radical (unpaired) electrons. The van der Waals surface area contributed by atoms with E-state index in [9.17, 15) is 4.79 Å². The van der Waals surface area contributed by atoms with Gasteiger partial charge in [0.1, 0.15) is 5.60 Å². The van der Waals surface area contributed by atoms with Crippen molar-refractivity contribution in [1.82, 2.24) is 15.1 Å². The van der Waals surface area contributed by atoms with Gasteiger partial charge in [-0.2, -0.15) is 5.10 Å². The number of aromatic nitrogens is 2. The lowest BCUT2D eigenvalue weighted by Gasteiger charge is -2.42. The number of rotatable bonds is 7. The Labute approximate surface area is 212 Å². The molecule has 6 nitrogen and oxygen atoms in total. The molecule has 0 aliphatic carbocycles. The first-order valence-electron chi connectivity index (χ1n) is 12.9. The first-order chi connectivity index (χ1) is 16.2. The maximum atomic E-state index is 12.7. The van der Waals surface area contributed by atoms with Crippen molar-refractivity contribution in [3.8, 4) is 0 Å². The predicted molar refractivity (Wildman–Crippen MR) is 144 cm³/mol. The van der Waals surface area contributed by atoms with Crippen LogP contribution >= 0.6 is 0 Å². The second kappa shape index (κ2) is 10.5. The Hall–Kier alpha value is -2.12. The number of likely N-dealkylation sites (tertiary alicyclic amines) is 1. The fourth-order valence-electron chi connectivity index (χ4n) is 4.34. The average molecular weight is 500 g/mol. The molecule has 2 aromatic rings. The number of hydrogen-bond acceptors (Lipinski definition) is 4. The third-order valence-corrected chi connectivity index (χ3v) is 12.2. The molecule has 0 bridgehead atoms. The number of nitrogens with zero attached hydrogens (tertiary/aromatic N) is 2. The van der Waals surface area contributed by atoms with Crippen molar-refractivity contribution in [3.05, 3.63) is 53.3 Å². The first kappa shape index (κ1) is 27.5. The third-order valence-electron chi connectivity index (χ3n) is 7.63. The molecule has 1 aromatic heterocycles. The molecule has 2 heterocycles. The number of piperidine rings is 1. The number of amides is 1. The Kier molecular flexibility index (Phi) is 8.22. The highest BCUT2D eigenvalue weighted by atomic mass is 28.4. The van der Waals surface area contributed by atoms with E-state index in [1.807, 2.05) is 31.7 Å². The third kappa shape index (κ3) is 7.20. The highest BCUT2D eigenvalue weighted by Crippen LogP contribution is 2.41. The minimum atomic E-state index is -1.84. The van der Waals surface area contributed by atoms with E-state index in [0.717, 1.165) is 37.1 Å². The van der Waals surface area contributed by atoms with Crippen molar-refractivity contribution < 1.29 is 14.0 Å². The molecule has 194 valence electrons. The molecule has 1 saturated heterocycles. The zero-order chi connectivity index (χ0) is 25.9. The van der Waals surface area contributed by atoms with Crippen molar-refractivity contribution in [2.45, 2.75) is 96.4 Å². The van der Waals surface area contributed by atoms with Gasteiger partial charge in [0, 0.05) is 37.2 Å². The molecule has 0 unspecified atom stereocenters. The van der Waals surface area contributed by atoms with Crippen molar-refractivity contribution in [1.29, 1.82) is 0 Å². The zero-order valence-electron chi connectivity index (χ0n) is 23.0. The van der Waals surface area contributed by atoms with Crippen molar-refractivity contribution in [2.24, 2.45) is 0 Å². The van der Waals surface area contributed by atoms with Crippen LogP contribution in [0.2, 0.25) is 18.1 Å². The molecule has 0 saturated carbocycles. The van der Waals surface area contributed by atoms with Gasteiger partial charge in [-0.1, -0.05) is 51.1 Å². The fourth-order valence-corrected chi connectivity index (χ4v) is 5.38. The van der Waals surface area contributed by atoms with Crippen molar-refractivity contribution in [2.75, 3.05) is 19.7 Å². The maximum Gasteiger partial charge on any atom is 0.410 e. The van der Waals surface area contributed by atoms with E-state index < -0.39 is 13.9 Å². The van der Waals surface area contributed by atoms with E-state index in [1.54, 1.807) is 0 Å². The lowest BCUT2D eigenvalue weighted by molar-refractivity contribution is 0.0148. The number of ether oxygens (including phenoxy) is 1. The number of hydrogen-bond donors (Lipinski definition) is 1. The second-order valence-corrected chi connectivity index (χ2v) is 17.4. The van der Waals surface area contributed by atoms with Gasteiger partial charge in [0.15, 0.2) is 8.32 Å². The average Bonchev–Trinajstić information content (AvgIpc) is 3.22. The largest absolute Gasteiger partial charge is 0.444 e. The summed E-state index contributed by atoms with van der Waals surface area (Å²) in [4.78, 5) is 14.5. The maximum absolute atomic E-state index is 12.7. The molecule has 1 fully saturated rings. The molecule has 1 aliphatic rings. The van der Waals surface area contributed by atoms with Crippen molar-refractivity contribution >= 4 is 14.4 Å². The smallest absolute Gasteiger partial charge is 0.410 e. The Morgan fingerprint density at radius 1 is 1.09 bits per heavy atom. The molecule has 3 rings (SSSR count). The predicted octanol–water partition coefficient (Wildman–Crippen LogP) is 6.68. The number of aromatic amines is 1. The summed E-state index contributed by atoms with van der Waals surface area (Å²) in [6, 6.07) is 12.7. The van der Waals surface area contributed by atoms with E-state index in [0.29, 0.717) is 19.7 Å². The Bertz CT molecular complexity index is 965. The molecule has 35 heavy (non-hydrogen) atoms. The Balaban J connectivity index is 1.76. The molecule has 1 N–H and O–H groups in total. The van der Waals surface area contributed by atoms with Crippen LogP contribution in [0.1, 0.15) is 77.8 Å². The summed E-state index contributed by atoms with van der Waals surface area (Å²) in [6.45, 7) is 19.2. The molecule has 1 aromatic carbocycles. The van der Waals surface area contributed by atoms with Crippen molar-refractivity contribution in [3.63, 3.8) is 0 Å². The van der Waals surface area contributed by atoms with Gasteiger partial charge in [-0.15, -0.1) is 0 Å². The molecule has 0 spiro atoms. The van der Waals surface area contributed by atoms with Gasteiger partial charge in [-0.25, -0.2) is 4.79 Å². The van der Waals surface area contributed by atoms with Crippen LogP contribution in [0.25, 0.3) is 0 Å². The highest BCUT2D eigenvalue weighted by Gasteiger charge is 2.42. The van der Waals surface area contributed by atoms with E-state index in [-0.39, 0.29) is 16.5 Å². The van der Waals surface area contributed by atoms with Gasteiger partial charge in [0.2, 0.25) is 0 Å². The zero-order valence-corrected chi connectivity index (χ0v) is 24.0. The summed E-state index contributed by atoms with van der Waals surface area (Å²) in [6.07, 6.45) is 3.20. The van der Waals surface area contributed by atoms with Gasteiger partial charge >= 0.3 is 6.09 Å². The van der Waals surface area contributed by atoms with Crippen LogP contribution in [0, 0.1) is 0 Å². The molecule has 1 amide bonds. The van der Waals surface area contributed by atoms with Crippen LogP contribution in [0.15, 0.2) is 36.4 Å². The lowest BCUT2D eigenvalue weighted by Crippen LogP contribution is -2.48. The number of carbonyl (C=O) groups is 1. The number of carbonyl (C=O) groups excluding carboxylic acids is 1. The van der Waals surface area contributed by atoms with E-state index >= 15 is 0 Å². The molecule has 7 heteroatoms. The van der Waals surface area contributed by atoms with Crippen LogP contribution in [-0.2, 0) is 21.0 Å². The minimum absolute atomic E-state index is 0.119. The SMILES string of the molecule is CC(C)(C)OC(=O)N1CCC(CCO[Si](C)(C)C(C)(C)C)(c2cc(Cc3ccccc3)[nH]n2)CC1.